The molecule has 0 unspecified atom stereocenters. The first-order valence-corrected chi connectivity index (χ1v) is 16.2. The minimum Gasteiger partial charge on any atom is -0.467 e. The Morgan fingerprint density at radius 3 is 2.23 bits per heavy atom. The molecule has 0 atom stereocenters. The van der Waals surface area contributed by atoms with Gasteiger partial charge in [0, 0.05) is 25.4 Å². The van der Waals surface area contributed by atoms with E-state index < -0.39 is 25.8 Å². The van der Waals surface area contributed by atoms with Crippen molar-refractivity contribution >= 4 is 52.5 Å². The Bertz CT molecular complexity index is 1870. The first-order chi connectivity index (χ1) is 19.0. The van der Waals surface area contributed by atoms with Gasteiger partial charge in [-0.1, -0.05) is 41.7 Å². The first kappa shape index (κ1) is 27.7. The van der Waals surface area contributed by atoms with Gasteiger partial charge >= 0.3 is 0 Å². The molecule has 2 aromatic heterocycles. The molecule has 12 heteroatoms. The highest BCUT2D eigenvalue weighted by Crippen LogP contribution is 2.32. The second-order valence-electron chi connectivity index (χ2n) is 9.14. The van der Waals surface area contributed by atoms with Crippen molar-refractivity contribution in [3.8, 4) is 0 Å². The third kappa shape index (κ3) is 5.85. The Labute approximate surface area is 236 Å². The molecule has 0 aliphatic carbocycles. The van der Waals surface area contributed by atoms with Gasteiger partial charge in [-0.05, 0) is 60.2 Å². The number of thiazole rings is 1. The Kier molecular flexibility index (Phi) is 7.60. The first-order valence-electron chi connectivity index (χ1n) is 12.1. The van der Waals surface area contributed by atoms with Crippen molar-refractivity contribution in [3.05, 3.63) is 108 Å². The van der Waals surface area contributed by atoms with Crippen LogP contribution in [0.3, 0.4) is 0 Å². The van der Waals surface area contributed by atoms with Crippen LogP contribution in [0.15, 0.2) is 105 Å². The van der Waals surface area contributed by atoms with Crippen LogP contribution in [0.2, 0.25) is 0 Å². The largest absolute Gasteiger partial charge is 0.467 e. The molecule has 0 spiro atoms. The molecule has 9 nitrogen and oxygen atoms in total. The summed E-state index contributed by atoms with van der Waals surface area (Å²) in [5.41, 5.74) is 1.66. The molecule has 5 aromatic rings. The van der Waals surface area contributed by atoms with Crippen LogP contribution in [0.1, 0.15) is 21.7 Å². The highest BCUT2D eigenvalue weighted by Gasteiger charge is 2.25. The van der Waals surface area contributed by atoms with Crippen molar-refractivity contribution in [2.24, 2.45) is 0 Å². The minimum absolute atomic E-state index is 0.0633. The van der Waals surface area contributed by atoms with E-state index in [9.17, 15) is 21.6 Å². The number of hydrogen-bond acceptors (Lipinski definition) is 8. The maximum atomic E-state index is 13.7. The third-order valence-corrected chi connectivity index (χ3v) is 10.2. The lowest BCUT2D eigenvalue weighted by atomic mass is 10.2. The number of aromatic nitrogens is 1. The monoisotopic (exact) mass is 595 g/mol. The van der Waals surface area contributed by atoms with Crippen molar-refractivity contribution < 1.29 is 26.0 Å². The summed E-state index contributed by atoms with van der Waals surface area (Å²) in [6.07, 6.45) is 2.63. The molecule has 40 heavy (non-hydrogen) atoms. The van der Waals surface area contributed by atoms with E-state index in [1.165, 1.54) is 70.3 Å². The zero-order valence-corrected chi connectivity index (χ0v) is 24.0. The molecule has 0 aliphatic heterocycles. The average Bonchev–Trinajstić information content (AvgIpc) is 3.61. The Balaban J connectivity index is 1.44. The Morgan fingerprint density at radius 2 is 1.57 bits per heavy atom. The van der Waals surface area contributed by atoms with Crippen molar-refractivity contribution in [1.29, 1.82) is 0 Å². The fourth-order valence-electron chi connectivity index (χ4n) is 4.05. The number of rotatable bonds is 9. The van der Waals surface area contributed by atoms with Crippen LogP contribution < -0.4 is 4.90 Å². The molecule has 0 fully saturated rings. The highest BCUT2D eigenvalue weighted by atomic mass is 32.2. The molecule has 1 amide bonds. The van der Waals surface area contributed by atoms with E-state index in [0.29, 0.717) is 21.1 Å². The average molecular weight is 596 g/mol. The number of anilines is 1. The fraction of sp³-hybridized carbons (Fsp3) is 0.143. The van der Waals surface area contributed by atoms with Crippen LogP contribution in [0, 0.1) is 0 Å². The second kappa shape index (κ2) is 11.0. The molecule has 0 N–H and O–H groups in total. The van der Waals surface area contributed by atoms with Gasteiger partial charge < -0.3 is 4.42 Å². The number of carbonyl (C=O) groups is 1. The predicted octanol–water partition coefficient (Wildman–Crippen LogP) is 4.96. The lowest BCUT2D eigenvalue weighted by Crippen LogP contribution is -2.30. The van der Waals surface area contributed by atoms with E-state index in [1.807, 2.05) is 30.3 Å². The topological polar surface area (TPSA) is 118 Å². The van der Waals surface area contributed by atoms with Crippen LogP contribution in [0.5, 0.6) is 0 Å². The quantitative estimate of drug-likeness (QED) is 0.236. The maximum Gasteiger partial charge on any atom is 0.260 e. The number of furan rings is 1. The van der Waals surface area contributed by atoms with Crippen LogP contribution in [0.25, 0.3) is 10.2 Å². The van der Waals surface area contributed by atoms with Gasteiger partial charge in [0.25, 0.3) is 5.91 Å². The normalized spacial score (nSPS) is 12.2. The molecule has 206 valence electrons. The molecule has 0 radical (unpaired) electrons. The van der Waals surface area contributed by atoms with Gasteiger partial charge in [0.05, 0.1) is 32.8 Å². The summed E-state index contributed by atoms with van der Waals surface area (Å²) < 4.78 is 57.7. The van der Waals surface area contributed by atoms with Crippen molar-refractivity contribution in [1.82, 2.24) is 9.29 Å². The number of sulfone groups is 1. The summed E-state index contributed by atoms with van der Waals surface area (Å²) in [5.74, 6) is 0.103. The summed E-state index contributed by atoms with van der Waals surface area (Å²) in [6, 6.07) is 23.1. The number of sulfonamides is 1. The van der Waals surface area contributed by atoms with E-state index in [-0.39, 0.29) is 28.4 Å². The van der Waals surface area contributed by atoms with Crippen LogP contribution >= 0.6 is 11.3 Å². The fourth-order valence-corrected chi connectivity index (χ4v) is 6.94. The lowest BCUT2D eigenvalue weighted by molar-refractivity contribution is 0.0983. The van der Waals surface area contributed by atoms with E-state index >= 15 is 0 Å². The van der Waals surface area contributed by atoms with Crippen molar-refractivity contribution in [2.75, 3.05) is 18.2 Å². The van der Waals surface area contributed by atoms with Crippen molar-refractivity contribution in [3.63, 3.8) is 0 Å². The molecule has 0 saturated carbocycles. The molecule has 0 bridgehead atoms. The van der Waals surface area contributed by atoms with Gasteiger partial charge in [-0.25, -0.2) is 21.8 Å². The second-order valence-corrected chi connectivity index (χ2v) is 14.2. The molecular weight excluding hydrogens is 571 g/mol. The number of hydrogen-bond donors (Lipinski definition) is 0. The highest BCUT2D eigenvalue weighted by molar-refractivity contribution is 7.90. The summed E-state index contributed by atoms with van der Waals surface area (Å²) in [7, 11) is -5.70. The lowest BCUT2D eigenvalue weighted by Gasteiger charge is -2.20. The molecule has 5 rings (SSSR count). The summed E-state index contributed by atoms with van der Waals surface area (Å²) in [4.78, 5) is 19.9. The van der Waals surface area contributed by atoms with E-state index in [2.05, 4.69) is 4.98 Å². The zero-order valence-electron chi connectivity index (χ0n) is 21.6. The van der Waals surface area contributed by atoms with Gasteiger partial charge in [0.2, 0.25) is 10.0 Å². The molecular formula is C28H25N3O6S3. The standard InChI is InChI=1S/C28H25N3O6S3/c1-30(18-20-7-4-3-5-8-20)40(35,36)23-12-10-21(11-13-23)27(32)31(19-22-9-6-16-37-22)28-29-25-15-14-24(39(2,33)34)17-26(25)38-28/h3-17H,18-19H2,1-2H3. The maximum absolute atomic E-state index is 13.7. The SMILES string of the molecule is CN(Cc1ccccc1)S(=O)(=O)c1ccc(C(=O)N(Cc2ccco2)c2nc3ccc(S(C)(=O)=O)cc3s2)cc1. The molecule has 2 heterocycles. The van der Waals surface area contributed by atoms with E-state index in [0.717, 1.165) is 11.8 Å². The summed E-state index contributed by atoms with van der Waals surface area (Å²) >= 11 is 1.18. The van der Waals surface area contributed by atoms with E-state index in [1.54, 1.807) is 18.2 Å². The summed E-state index contributed by atoms with van der Waals surface area (Å²) in [5, 5.41) is 0.348. The van der Waals surface area contributed by atoms with Crippen LogP contribution in [0.4, 0.5) is 5.13 Å². The molecule has 0 saturated heterocycles. The van der Waals surface area contributed by atoms with Gasteiger partial charge in [-0.3, -0.25) is 9.69 Å². The number of nitrogens with zero attached hydrogens (tertiary/aromatic N) is 3. The third-order valence-electron chi connectivity index (χ3n) is 6.20. The van der Waals surface area contributed by atoms with Crippen LogP contribution in [-0.2, 0) is 33.0 Å². The number of carbonyl (C=O) groups excluding carboxylic acids is 1. The number of fused-ring (bicyclic) bond motifs is 1. The predicted molar refractivity (Wildman–Crippen MR) is 153 cm³/mol. The van der Waals surface area contributed by atoms with E-state index in [4.69, 9.17) is 4.42 Å². The molecule has 3 aromatic carbocycles. The zero-order chi connectivity index (χ0) is 28.5. The van der Waals surface area contributed by atoms with Gasteiger partial charge in [-0.15, -0.1) is 0 Å². The Morgan fingerprint density at radius 1 is 0.875 bits per heavy atom. The Hall–Kier alpha value is -3.84. The summed E-state index contributed by atoms with van der Waals surface area (Å²) in [6.45, 7) is 0.282. The van der Waals surface area contributed by atoms with Gasteiger partial charge in [0.15, 0.2) is 15.0 Å². The van der Waals surface area contributed by atoms with Gasteiger partial charge in [0.1, 0.15) is 5.76 Å². The van der Waals surface area contributed by atoms with Crippen molar-refractivity contribution in [2.45, 2.75) is 22.9 Å². The smallest absolute Gasteiger partial charge is 0.260 e. The number of amides is 1. The molecule has 0 aliphatic rings. The number of benzene rings is 3. The van der Waals surface area contributed by atoms with Gasteiger partial charge in [-0.2, -0.15) is 4.31 Å². The van der Waals surface area contributed by atoms with Crippen LogP contribution in [-0.4, -0.2) is 45.3 Å². The minimum atomic E-state index is -3.79.